The molecular formula is C11H17NO. The molecule has 0 saturated carbocycles. The molecule has 1 atom stereocenters. The average Bonchev–Trinajstić information content (AvgIpc) is 2.08. The van der Waals surface area contributed by atoms with Crippen molar-refractivity contribution in [2.45, 2.75) is 26.4 Å². The second kappa shape index (κ2) is 4.87. The van der Waals surface area contributed by atoms with Gasteiger partial charge < -0.3 is 10.4 Å². The molecule has 0 saturated heterocycles. The fourth-order valence-corrected chi connectivity index (χ4v) is 1.19. The van der Waals surface area contributed by atoms with Crippen molar-refractivity contribution in [1.29, 1.82) is 0 Å². The summed E-state index contributed by atoms with van der Waals surface area (Å²) >= 11 is 0. The monoisotopic (exact) mass is 179 g/mol. The van der Waals surface area contributed by atoms with E-state index >= 15 is 0 Å². The summed E-state index contributed by atoms with van der Waals surface area (Å²) in [5.41, 5.74) is 2.40. The molecule has 0 bridgehead atoms. The van der Waals surface area contributed by atoms with Crippen molar-refractivity contribution in [3.8, 4) is 0 Å². The van der Waals surface area contributed by atoms with Crippen LogP contribution in [-0.2, 0) is 0 Å². The molecule has 1 aromatic carbocycles. The molecule has 2 nitrogen and oxygen atoms in total. The lowest BCUT2D eigenvalue weighted by Gasteiger charge is -2.09. The zero-order valence-corrected chi connectivity index (χ0v) is 8.25. The van der Waals surface area contributed by atoms with Gasteiger partial charge in [0.25, 0.3) is 0 Å². The van der Waals surface area contributed by atoms with Crippen LogP contribution in [0.1, 0.15) is 18.9 Å². The second-order valence-electron chi connectivity index (χ2n) is 3.38. The van der Waals surface area contributed by atoms with E-state index < -0.39 is 0 Å². The molecule has 2 N–H and O–H groups in total. The van der Waals surface area contributed by atoms with E-state index in [9.17, 15) is 0 Å². The van der Waals surface area contributed by atoms with Gasteiger partial charge in [0.2, 0.25) is 0 Å². The van der Waals surface area contributed by atoms with Gasteiger partial charge in [0.05, 0.1) is 6.10 Å². The van der Waals surface area contributed by atoms with Crippen LogP contribution >= 0.6 is 0 Å². The van der Waals surface area contributed by atoms with Gasteiger partial charge in [-0.05, 0) is 31.9 Å². The van der Waals surface area contributed by atoms with E-state index in [-0.39, 0.29) is 6.10 Å². The Balaban J connectivity index is 2.41. The summed E-state index contributed by atoms with van der Waals surface area (Å²) in [4.78, 5) is 0. The maximum atomic E-state index is 9.06. The van der Waals surface area contributed by atoms with E-state index in [0.29, 0.717) is 0 Å². The van der Waals surface area contributed by atoms with Crippen molar-refractivity contribution in [1.82, 2.24) is 0 Å². The van der Waals surface area contributed by atoms with Gasteiger partial charge in [-0.3, -0.25) is 0 Å². The standard InChI is InChI=1S/C11H17NO/c1-9-5-3-4-6-11(9)12-8-7-10(2)13/h3-6,10,12-13H,7-8H2,1-2H3. The third kappa shape index (κ3) is 3.47. The summed E-state index contributed by atoms with van der Waals surface area (Å²) in [6.45, 7) is 4.70. The first kappa shape index (κ1) is 10.1. The van der Waals surface area contributed by atoms with Gasteiger partial charge in [-0.1, -0.05) is 18.2 Å². The van der Waals surface area contributed by atoms with Crippen LogP contribution in [0.5, 0.6) is 0 Å². The number of anilines is 1. The molecule has 0 aliphatic rings. The highest BCUT2D eigenvalue weighted by molar-refractivity contribution is 5.50. The van der Waals surface area contributed by atoms with E-state index in [1.54, 1.807) is 6.92 Å². The summed E-state index contributed by atoms with van der Waals surface area (Å²) in [5, 5.41) is 12.3. The van der Waals surface area contributed by atoms with Crippen molar-refractivity contribution in [3.05, 3.63) is 29.8 Å². The predicted molar refractivity (Wildman–Crippen MR) is 56.0 cm³/mol. The Morgan fingerprint density at radius 2 is 2.08 bits per heavy atom. The van der Waals surface area contributed by atoms with Crippen LogP contribution in [0.4, 0.5) is 5.69 Å². The van der Waals surface area contributed by atoms with E-state index in [4.69, 9.17) is 5.11 Å². The molecule has 0 aliphatic carbocycles. The Bertz CT molecular complexity index is 258. The number of aliphatic hydroxyl groups is 1. The molecular weight excluding hydrogens is 162 g/mol. The minimum Gasteiger partial charge on any atom is -0.393 e. The molecule has 0 heterocycles. The Hall–Kier alpha value is -1.02. The fourth-order valence-electron chi connectivity index (χ4n) is 1.19. The topological polar surface area (TPSA) is 32.3 Å². The first-order valence-corrected chi connectivity index (χ1v) is 4.67. The lowest BCUT2D eigenvalue weighted by molar-refractivity contribution is 0.189. The quantitative estimate of drug-likeness (QED) is 0.742. The SMILES string of the molecule is Cc1ccccc1NCCC(C)O. The summed E-state index contributed by atoms with van der Waals surface area (Å²) in [6.07, 6.45) is 0.561. The number of aryl methyl sites for hydroxylation is 1. The zero-order chi connectivity index (χ0) is 9.68. The minimum absolute atomic E-state index is 0.225. The molecule has 0 aliphatic heterocycles. The lowest BCUT2D eigenvalue weighted by Crippen LogP contribution is -2.10. The van der Waals surface area contributed by atoms with Crippen molar-refractivity contribution >= 4 is 5.69 Å². The van der Waals surface area contributed by atoms with Crippen molar-refractivity contribution < 1.29 is 5.11 Å². The van der Waals surface area contributed by atoms with Crippen molar-refractivity contribution in [3.63, 3.8) is 0 Å². The highest BCUT2D eigenvalue weighted by Crippen LogP contribution is 2.12. The average molecular weight is 179 g/mol. The molecule has 0 aromatic heterocycles. The zero-order valence-electron chi connectivity index (χ0n) is 8.25. The fraction of sp³-hybridized carbons (Fsp3) is 0.455. The van der Waals surface area contributed by atoms with Gasteiger partial charge in [0.15, 0.2) is 0 Å². The molecule has 0 fully saturated rings. The first-order valence-electron chi connectivity index (χ1n) is 4.67. The van der Waals surface area contributed by atoms with Crippen molar-refractivity contribution in [2.24, 2.45) is 0 Å². The Kier molecular flexibility index (Phi) is 3.77. The molecule has 2 heteroatoms. The molecule has 1 aromatic rings. The first-order chi connectivity index (χ1) is 6.20. The van der Waals surface area contributed by atoms with Gasteiger partial charge in [0.1, 0.15) is 0 Å². The Morgan fingerprint density at radius 1 is 1.38 bits per heavy atom. The molecule has 1 rings (SSSR count). The minimum atomic E-state index is -0.225. The summed E-state index contributed by atoms with van der Waals surface area (Å²) in [7, 11) is 0. The molecule has 13 heavy (non-hydrogen) atoms. The van der Waals surface area contributed by atoms with Crippen LogP contribution in [-0.4, -0.2) is 17.8 Å². The lowest BCUT2D eigenvalue weighted by atomic mass is 10.2. The molecule has 0 amide bonds. The van der Waals surface area contributed by atoms with E-state index in [0.717, 1.165) is 18.7 Å². The molecule has 72 valence electrons. The van der Waals surface area contributed by atoms with Crippen LogP contribution in [0.15, 0.2) is 24.3 Å². The van der Waals surface area contributed by atoms with E-state index in [1.165, 1.54) is 5.56 Å². The molecule has 0 radical (unpaired) electrons. The normalized spacial score (nSPS) is 12.5. The van der Waals surface area contributed by atoms with Gasteiger partial charge in [-0.2, -0.15) is 0 Å². The number of rotatable bonds is 4. The van der Waals surface area contributed by atoms with E-state index in [1.807, 2.05) is 12.1 Å². The molecule has 1 unspecified atom stereocenters. The molecule has 0 spiro atoms. The Labute approximate surface area is 79.6 Å². The van der Waals surface area contributed by atoms with Crippen LogP contribution < -0.4 is 5.32 Å². The smallest absolute Gasteiger partial charge is 0.0528 e. The van der Waals surface area contributed by atoms with Crippen LogP contribution in [0.3, 0.4) is 0 Å². The van der Waals surface area contributed by atoms with Gasteiger partial charge >= 0.3 is 0 Å². The van der Waals surface area contributed by atoms with Crippen LogP contribution in [0, 0.1) is 6.92 Å². The van der Waals surface area contributed by atoms with Gasteiger partial charge in [0, 0.05) is 12.2 Å². The van der Waals surface area contributed by atoms with Crippen LogP contribution in [0.25, 0.3) is 0 Å². The summed E-state index contributed by atoms with van der Waals surface area (Å²) in [5.74, 6) is 0. The van der Waals surface area contributed by atoms with Gasteiger partial charge in [-0.15, -0.1) is 0 Å². The van der Waals surface area contributed by atoms with E-state index in [2.05, 4.69) is 24.4 Å². The number of para-hydroxylation sites is 1. The van der Waals surface area contributed by atoms with Crippen molar-refractivity contribution in [2.75, 3.05) is 11.9 Å². The number of benzene rings is 1. The third-order valence-electron chi connectivity index (χ3n) is 2.02. The second-order valence-corrected chi connectivity index (χ2v) is 3.38. The largest absolute Gasteiger partial charge is 0.393 e. The van der Waals surface area contributed by atoms with Crippen LogP contribution in [0.2, 0.25) is 0 Å². The summed E-state index contributed by atoms with van der Waals surface area (Å²) < 4.78 is 0. The third-order valence-corrected chi connectivity index (χ3v) is 2.02. The predicted octanol–water partition coefficient (Wildman–Crippen LogP) is 2.18. The number of nitrogens with one attached hydrogen (secondary N) is 1. The highest BCUT2D eigenvalue weighted by atomic mass is 16.3. The number of hydrogen-bond donors (Lipinski definition) is 2. The highest BCUT2D eigenvalue weighted by Gasteiger charge is 1.97. The Morgan fingerprint density at radius 3 is 2.69 bits per heavy atom. The number of hydrogen-bond acceptors (Lipinski definition) is 2. The van der Waals surface area contributed by atoms with Gasteiger partial charge in [-0.25, -0.2) is 0 Å². The maximum Gasteiger partial charge on any atom is 0.0528 e. The maximum absolute atomic E-state index is 9.06. The number of aliphatic hydroxyl groups excluding tert-OH is 1. The summed E-state index contributed by atoms with van der Waals surface area (Å²) in [6, 6.07) is 8.16.